The zero-order chi connectivity index (χ0) is 17.7. The third kappa shape index (κ3) is 8.18. The fraction of sp³-hybridized carbons (Fsp3) is 0.474. The minimum absolute atomic E-state index is 0. The van der Waals surface area contributed by atoms with Crippen molar-refractivity contribution in [3.05, 3.63) is 53.9 Å². The summed E-state index contributed by atoms with van der Waals surface area (Å²) in [5.41, 5.74) is 2.45. The molecule has 0 bridgehead atoms. The molecular weight excluding hydrogens is 441 g/mol. The van der Waals surface area contributed by atoms with E-state index in [4.69, 9.17) is 9.73 Å². The maximum absolute atomic E-state index is 5.36. The Morgan fingerprint density at radius 2 is 1.96 bits per heavy atom. The highest BCUT2D eigenvalue weighted by atomic mass is 127. The number of aliphatic imine (C=N–C) groups is 1. The van der Waals surface area contributed by atoms with Crippen molar-refractivity contribution in [3.63, 3.8) is 0 Å². The molecule has 0 amide bonds. The van der Waals surface area contributed by atoms with Gasteiger partial charge in [-0.3, -0.25) is 4.68 Å². The van der Waals surface area contributed by atoms with Crippen LogP contribution in [0.3, 0.4) is 0 Å². The molecule has 1 heterocycles. The van der Waals surface area contributed by atoms with E-state index in [1.165, 1.54) is 11.1 Å². The van der Waals surface area contributed by atoms with Gasteiger partial charge >= 0.3 is 0 Å². The topological polar surface area (TPSA) is 63.5 Å². The largest absolute Gasteiger partial charge is 0.382 e. The third-order valence-corrected chi connectivity index (χ3v) is 3.72. The van der Waals surface area contributed by atoms with Gasteiger partial charge < -0.3 is 15.4 Å². The van der Waals surface area contributed by atoms with Gasteiger partial charge in [-0.1, -0.05) is 24.3 Å². The van der Waals surface area contributed by atoms with E-state index in [-0.39, 0.29) is 24.0 Å². The first-order chi connectivity index (χ1) is 12.3. The van der Waals surface area contributed by atoms with Crippen molar-refractivity contribution in [1.29, 1.82) is 0 Å². The van der Waals surface area contributed by atoms with Crippen LogP contribution >= 0.6 is 24.0 Å². The van der Waals surface area contributed by atoms with Crippen LogP contribution in [-0.4, -0.2) is 42.0 Å². The number of aromatic nitrogens is 2. The molecule has 0 atom stereocenters. The van der Waals surface area contributed by atoms with E-state index in [9.17, 15) is 0 Å². The average molecular weight is 471 g/mol. The van der Waals surface area contributed by atoms with E-state index in [1.807, 2.05) is 23.9 Å². The number of halogens is 1. The van der Waals surface area contributed by atoms with Gasteiger partial charge in [-0.15, -0.1) is 24.0 Å². The predicted molar refractivity (Wildman–Crippen MR) is 117 cm³/mol. The lowest BCUT2D eigenvalue weighted by atomic mass is 10.1. The van der Waals surface area contributed by atoms with Crippen LogP contribution in [0.2, 0.25) is 0 Å². The number of nitrogens with zero attached hydrogens (tertiary/aromatic N) is 3. The smallest absolute Gasteiger partial charge is 0.191 e. The van der Waals surface area contributed by atoms with Gasteiger partial charge in [-0.05, 0) is 37.5 Å². The Balaban J connectivity index is 0.00000338. The van der Waals surface area contributed by atoms with Gasteiger partial charge in [0.05, 0.1) is 13.1 Å². The van der Waals surface area contributed by atoms with Crippen molar-refractivity contribution in [1.82, 2.24) is 20.4 Å². The van der Waals surface area contributed by atoms with Crippen molar-refractivity contribution in [2.45, 2.75) is 33.4 Å². The number of ether oxygens (including phenoxy) is 1. The summed E-state index contributed by atoms with van der Waals surface area (Å²) in [4.78, 5) is 4.72. The van der Waals surface area contributed by atoms with Crippen molar-refractivity contribution < 1.29 is 4.74 Å². The summed E-state index contributed by atoms with van der Waals surface area (Å²) in [5, 5.41) is 10.9. The highest BCUT2D eigenvalue weighted by Crippen LogP contribution is 2.11. The molecule has 0 saturated heterocycles. The second-order valence-electron chi connectivity index (χ2n) is 5.64. The average Bonchev–Trinajstić information content (AvgIpc) is 3.13. The van der Waals surface area contributed by atoms with Crippen LogP contribution < -0.4 is 10.6 Å². The fourth-order valence-corrected chi connectivity index (χ4v) is 2.47. The fourth-order valence-electron chi connectivity index (χ4n) is 2.47. The summed E-state index contributed by atoms with van der Waals surface area (Å²) in [6, 6.07) is 10.3. The number of rotatable bonds is 10. The molecule has 0 aliphatic heterocycles. The molecular formula is C19H30IN5O. The lowest BCUT2D eigenvalue weighted by Gasteiger charge is -2.12. The van der Waals surface area contributed by atoms with Crippen molar-refractivity contribution in [3.8, 4) is 0 Å². The van der Waals surface area contributed by atoms with E-state index in [2.05, 4.69) is 46.9 Å². The summed E-state index contributed by atoms with van der Waals surface area (Å²) < 4.78 is 7.29. The molecule has 2 N–H and O–H groups in total. The first-order valence-corrected chi connectivity index (χ1v) is 8.97. The van der Waals surface area contributed by atoms with E-state index in [0.29, 0.717) is 6.54 Å². The second-order valence-corrected chi connectivity index (χ2v) is 5.64. The third-order valence-electron chi connectivity index (χ3n) is 3.72. The minimum Gasteiger partial charge on any atom is -0.382 e. The molecule has 0 aliphatic rings. The molecule has 2 aromatic rings. The molecule has 0 saturated carbocycles. The number of guanidine groups is 1. The van der Waals surface area contributed by atoms with Gasteiger partial charge in [0.25, 0.3) is 0 Å². The Labute approximate surface area is 173 Å². The van der Waals surface area contributed by atoms with Gasteiger partial charge in [0.15, 0.2) is 5.96 Å². The standard InChI is InChI=1S/C19H29N5O.HI/c1-3-20-19(21-11-8-14-25-4-2)22-15-17-9-5-6-10-18(17)16-24-13-7-12-23-24;/h5-7,9-10,12-13H,3-4,8,11,14-16H2,1-2H3,(H2,20,21,22);1H. The van der Waals surface area contributed by atoms with Gasteiger partial charge in [0, 0.05) is 38.7 Å². The SMILES string of the molecule is CCNC(=NCc1ccccc1Cn1cccn1)NCCCOCC.I. The van der Waals surface area contributed by atoms with Crippen LogP contribution in [0.1, 0.15) is 31.4 Å². The highest BCUT2D eigenvalue weighted by Gasteiger charge is 2.04. The molecule has 0 unspecified atom stereocenters. The number of benzene rings is 1. The minimum atomic E-state index is 0. The van der Waals surface area contributed by atoms with Crippen molar-refractivity contribution in [2.24, 2.45) is 4.99 Å². The highest BCUT2D eigenvalue weighted by molar-refractivity contribution is 14.0. The molecule has 6 nitrogen and oxygen atoms in total. The predicted octanol–water partition coefficient (Wildman–Crippen LogP) is 3.03. The molecule has 0 radical (unpaired) electrons. The normalized spacial score (nSPS) is 11.1. The lowest BCUT2D eigenvalue weighted by Crippen LogP contribution is -2.38. The Hall–Kier alpha value is -1.61. The summed E-state index contributed by atoms with van der Waals surface area (Å²) >= 11 is 0. The van der Waals surface area contributed by atoms with Crippen molar-refractivity contribution >= 4 is 29.9 Å². The van der Waals surface area contributed by atoms with Crippen LogP contribution in [0.5, 0.6) is 0 Å². The summed E-state index contributed by atoms with van der Waals surface area (Å²) in [6.45, 7) is 8.71. The van der Waals surface area contributed by atoms with Gasteiger partial charge in [-0.2, -0.15) is 5.10 Å². The van der Waals surface area contributed by atoms with E-state index >= 15 is 0 Å². The van der Waals surface area contributed by atoms with E-state index in [0.717, 1.165) is 45.2 Å². The molecule has 1 aromatic carbocycles. The zero-order valence-corrected chi connectivity index (χ0v) is 18.0. The maximum atomic E-state index is 5.36. The second kappa shape index (κ2) is 13.6. The number of nitrogens with one attached hydrogen (secondary N) is 2. The van der Waals surface area contributed by atoms with Gasteiger partial charge in [0.1, 0.15) is 0 Å². The lowest BCUT2D eigenvalue weighted by molar-refractivity contribution is 0.145. The first-order valence-electron chi connectivity index (χ1n) is 8.97. The van der Waals surface area contributed by atoms with Gasteiger partial charge in [0.2, 0.25) is 0 Å². The summed E-state index contributed by atoms with van der Waals surface area (Å²) in [6.07, 6.45) is 4.74. The summed E-state index contributed by atoms with van der Waals surface area (Å²) in [7, 11) is 0. The van der Waals surface area contributed by atoms with Gasteiger partial charge in [-0.25, -0.2) is 4.99 Å². The molecule has 26 heavy (non-hydrogen) atoms. The molecule has 0 fully saturated rings. The van der Waals surface area contributed by atoms with Crippen LogP contribution in [0.15, 0.2) is 47.7 Å². The molecule has 7 heteroatoms. The summed E-state index contributed by atoms with van der Waals surface area (Å²) in [5.74, 6) is 0.841. The zero-order valence-electron chi connectivity index (χ0n) is 15.6. The Bertz CT molecular complexity index is 631. The Kier molecular flexibility index (Phi) is 11.7. The number of hydrogen-bond donors (Lipinski definition) is 2. The molecule has 1 aromatic heterocycles. The number of hydrogen-bond acceptors (Lipinski definition) is 3. The molecule has 0 spiro atoms. The molecule has 2 rings (SSSR count). The molecule has 144 valence electrons. The first kappa shape index (κ1) is 22.4. The monoisotopic (exact) mass is 471 g/mol. The maximum Gasteiger partial charge on any atom is 0.191 e. The quantitative estimate of drug-likeness (QED) is 0.242. The van der Waals surface area contributed by atoms with E-state index < -0.39 is 0 Å². The van der Waals surface area contributed by atoms with E-state index in [1.54, 1.807) is 6.20 Å². The Morgan fingerprint density at radius 1 is 1.15 bits per heavy atom. The van der Waals surface area contributed by atoms with Crippen LogP contribution in [0.25, 0.3) is 0 Å². The van der Waals surface area contributed by atoms with Crippen LogP contribution in [0, 0.1) is 0 Å². The van der Waals surface area contributed by atoms with Crippen LogP contribution in [-0.2, 0) is 17.8 Å². The van der Waals surface area contributed by atoms with Crippen LogP contribution in [0.4, 0.5) is 0 Å². The Morgan fingerprint density at radius 3 is 2.65 bits per heavy atom. The molecule has 0 aliphatic carbocycles. The van der Waals surface area contributed by atoms with Crippen molar-refractivity contribution in [2.75, 3.05) is 26.3 Å².